The molecule has 0 bridgehead atoms. The third-order valence-corrected chi connectivity index (χ3v) is 4.26. The number of anilines is 1. The molecule has 1 aromatic rings. The van der Waals surface area contributed by atoms with Crippen molar-refractivity contribution >= 4 is 5.69 Å². The van der Waals surface area contributed by atoms with Crippen molar-refractivity contribution in [2.75, 3.05) is 38.6 Å². The summed E-state index contributed by atoms with van der Waals surface area (Å²) < 4.78 is 13.4. The van der Waals surface area contributed by atoms with E-state index in [4.69, 9.17) is 5.73 Å². The normalized spacial score (nSPS) is 19.1. The van der Waals surface area contributed by atoms with Gasteiger partial charge in [-0.05, 0) is 69.6 Å². The van der Waals surface area contributed by atoms with Crippen LogP contribution >= 0.6 is 0 Å². The number of rotatable bonds is 4. The van der Waals surface area contributed by atoms with Gasteiger partial charge in [-0.2, -0.15) is 0 Å². The van der Waals surface area contributed by atoms with E-state index in [2.05, 4.69) is 23.9 Å². The molecule has 1 unspecified atom stereocenters. The van der Waals surface area contributed by atoms with Crippen LogP contribution < -0.4 is 10.6 Å². The van der Waals surface area contributed by atoms with Crippen molar-refractivity contribution in [3.8, 4) is 0 Å². The first kappa shape index (κ1) is 15.3. The summed E-state index contributed by atoms with van der Waals surface area (Å²) in [5.74, 6) is 0.496. The standard InChI is InChI=1S/C16H26FN3/c1-12(18)15-10-14(17)4-5-16(15)20(3)11-13-6-8-19(2)9-7-13/h4-5,10,12-13H,6-9,11,18H2,1-3H3. The summed E-state index contributed by atoms with van der Waals surface area (Å²) in [5, 5.41) is 0. The summed E-state index contributed by atoms with van der Waals surface area (Å²) in [4.78, 5) is 4.61. The van der Waals surface area contributed by atoms with Gasteiger partial charge in [-0.1, -0.05) is 0 Å². The molecular formula is C16H26FN3. The summed E-state index contributed by atoms with van der Waals surface area (Å²) in [6.07, 6.45) is 2.46. The maximum atomic E-state index is 13.4. The minimum Gasteiger partial charge on any atom is -0.374 e. The number of nitrogens with two attached hydrogens (primary N) is 1. The highest BCUT2D eigenvalue weighted by atomic mass is 19.1. The number of hydrogen-bond donors (Lipinski definition) is 1. The van der Waals surface area contributed by atoms with E-state index in [1.807, 2.05) is 13.0 Å². The predicted octanol–water partition coefficient (Wildman–Crippen LogP) is 2.62. The Morgan fingerprint density at radius 2 is 2.05 bits per heavy atom. The maximum absolute atomic E-state index is 13.4. The van der Waals surface area contributed by atoms with Crippen molar-refractivity contribution in [2.45, 2.75) is 25.8 Å². The number of likely N-dealkylation sites (tertiary alicyclic amines) is 1. The fraction of sp³-hybridized carbons (Fsp3) is 0.625. The molecule has 2 N–H and O–H groups in total. The van der Waals surface area contributed by atoms with E-state index in [0.29, 0.717) is 5.92 Å². The summed E-state index contributed by atoms with van der Waals surface area (Å²) in [5.41, 5.74) is 7.92. The summed E-state index contributed by atoms with van der Waals surface area (Å²) in [7, 11) is 4.26. The quantitative estimate of drug-likeness (QED) is 0.919. The van der Waals surface area contributed by atoms with Gasteiger partial charge in [-0.25, -0.2) is 4.39 Å². The minimum absolute atomic E-state index is 0.152. The fourth-order valence-corrected chi connectivity index (χ4v) is 2.97. The second-order valence-electron chi connectivity index (χ2n) is 6.12. The van der Waals surface area contributed by atoms with Crippen molar-refractivity contribution in [2.24, 2.45) is 11.7 Å². The van der Waals surface area contributed by atoms with Crippen LogP contribution in [0.3, 0.4) is 0 Å². The SMILES string of the molecule is CC(N)c1cc(F)ccc1N(C)CC1CCN(C)CC1. The van der Waals surface area contributed by atoms with Crippen LogP contribution in [0.25, 0.3) is 0 Å². The summed E-state index contributed by atoms with van der Waals surface area (Å²) in [6.45, 7) is 5.25. The molecule has 2 rings (SSSR count). The molecule has 0 amide bonds. The van der Waals surface area contributed by atoms with Gasteiger partial charge in [-0.3, -0.25) is 0 Å². The lowest BCUT2D eigenvalue weighted by atomic mass is 9.96. The van der Waals surface area contributed by atoms with E-state index in [1.54, 1.807) is 6.07 Å². The molecular weight excluding hydrogens is 253 g/mol. The monoisotopic (exact) mass is 279 g/mol. The van der Waals surface area contributed by atoms with Gasteiger partial charge in [0.1, 0.15) is 5.82 Å². The Hall–Kier alpha value is -1.13. The van der Waals surface area contributed by atoms with Crippen molar-refractivity contribution in [1.29, 1.82) is 0 Å². The number of nitrogens with zero attached hydrogens (tertiary/aromatic N) is 2. The van der Waals surface area contributed by atoms with Gasteiger partial charge in [0.2, 0.25) is 0 Å². The highest BCUT2D eigenvalue weighted by molar-refractivity contribution is 5.54. The Morgan fingerprint density at radius 1 is 1.40 bits per heavy atom. The third kappa shape index (κ3) is 3.70. The average Bonchev–Trinajstić information content (AvgIpc) is 2.41. The molecule has 0 aromatic heterocycles. The van der Waals surface area contributed by atoms with Gasteiger partial charge >= 0.3 is 0 Å². The van der Waals surface area contributed by atoms with Gasteiger partial charge in [0, 0.05) is 25.3 Å². The first-order chi connectivity index (χ1) is 9.47. The molecule has 0 radical (unpaired) electrons. The van der Waals surface area contributed by atoms with Crippen LogP contribution in [0.1, 0.15) is 31.4 Å². The number of benzene rings is 1. The zero-order chi connectivity index (χ0) is 14.7. The van der Waals surface area contributed by atoms with Gasteiger partial charge in [-0.15, -0.1) is 0 Å². The van der Waals surface area contributed by atoms with Crippen molar-refractivity contribution in [3.05, 3.63) is 29.6 Å². The maximum Gasteiger partial charge on any atom is 0.123 e. The average molecular weight is 279 g/mol. The van der Waals surface area contributed by atoms with E-state index in [-0.39, 0.29) is 11.9 Å². The Bertz CT molecular complexity index is 439. The number of hydrogen-bond acceptors (Lipinski definition) is 3. The highest BCUT2D eigenvalue weighted by Gasteiger charge is 2.20. The fourth-order valence-electron chi connectivity index (χ4n) is 2.97. The Labute approximate surface area is 121 Å². The molecule has 3 nitrogen and oxygen atoms in total. The highest BCUT2D eigenvalue weighted by Crippen LogP contribution is 2.27. The Balaban J connectivity index is 2.07. The van der Waals surface area contributed by atoms with Crippen LogP contribution in [0.5, 0.6) is 0 Å². The van der Waals surface area contributed by atoms with E-state index in [1.165, 1.54) is 32.0 Å². The number of halogens is 1. The summed E-state index contributed by atoms with van der Waals surface area (Å²) in [6, 6.07) is 4.78. The van der Waals surface area contributed by atoms with Crippen molar-refractivity contribution < 1.29 is 4.39 Å². The van der Waals surface area contributed by atoms with Crippen LogP contribution in [0, 0.1) is 11.7 Å². The lowest BCUT2D eigenvalue weighted by Crippen LogP contribution is -2.36. The van der Waals surface area contributed by atoms with E-state index in [0.717, 1.165) is 17.8 Å². The predicted molar refractivity (Wildman–Crippen MR) is 82.5 cm³/mol. The molecule has 1 saturated heterocycles. The molecule has 4 heteroatoms. The van der Waals surface area contributed by atoms with Crippen LogP contribution in [0.15, 0.2) is 18.2 Å². The molecule has 1 aliphatic rings. The second kappa shape index (κ2) is 6.55. The molecule has 1 fully saturated rings. The van der Waals surface area contributed by atoms with E-state index < -0.39 is 0 Å². The smallest absolute Gasteiger partial charge is 0.123 e. The van der Waals surface area contributed by atoms with E-state index in [9.17, 15) is 4.39 Å². The van der Waals surface area contributed by atoms with Crippen LogP contribution in [0.2, 0.25) is 0 Å². The van der Waals surface area contributed by atoms with Gasteiger partial charge in [0.05, 0.1) is 0 Å². The zero-order valence-corrected chi connectivity index (χ0v) is 12.8. The summed E-state index contributed by atoms with van der Waals surface area (Å²) >= 11 is 0. The Morgan fingerprint density at radius 3 is 2.65 bits per heavy atom. The molecule has 0 spiro atoms. The molecule has 0 saturated carbocycles. The lowest BCUT2D eigenvalue weighted by molar-refractivity contribution is 0.222. The third-order valence-electron chi connectivity index (χ3n) is 4.26. The van der Waals surface area contributed by atoms with E-state index >= 15 is 0 Å². The molecule has 1 atom stereocenters. The van der Waals surface area contributed by atoms with Gasteiger partial charge in [0.25, 0.3) is 0 Å². The largest absolute Gasteiger partial charge is 0.374 e. The van der Waals surface area contributed by atoms with Gasteiger partial charge < -0.3 is 15.5 Å². The lowest BCUT2D eigenvalue weighted by Gasteiger charge is -2.33. The first-order valence-corrected chi connectivity index (χ1v) is 7.42. The molecule has 0 aliphatic carbocycles. The van der Waals surface area contributed by atoms with Crippen LogP contribution in [-0.4, -0.2) is 38.6 Å². The van der Waals surface area contributed by atoms with Crippen LogP contribution in [0.4, 0.5) is 10.1 Å². The van der Waals surface area contributed by atoms with Crippen molar-refractivity contribution in [1.82, 2.24) is 4.90 Å². The topological polar surface area (TPSA) is 32.5 Å². The van der Waals surface area contributed by atoms with Crippen LogP contribution in [-0.2, 0) is 0 Å². The number of piperidine rings is 1. The molecule has 20 heavy (non-hydrogen) atoms. The molecule has 112 valence electrons. The first-order valence-electron chi connectivity index (χ1n) is 7.42. The molecule has 1 heterocycles. The van der Waals surface area contributed by atoms with Gasteiger partial charge in [0.15, 0.2) is 0 Å². The molecule has 1 aromatic carbocycles. The molecule has 1 aliphatic heterocycles. The zero-order valence-electron chi connectivity index (χ0n) is 12.8. The minimum atomic E-state index is -0.214. The van der Waals surface area contributed by atoms with Crippen molar-refractivity contribution in [3.63, 3.8) is 0 Å². The second-order valence-corrected chi connectivity index (χ2v) is 6.12. The Kier molecular flexibility index (Phi) is 5.00.